The van der Waals surface area contributed by atoms with Gasteiger partial charge in [-0.1, -0.05) is 24.1 Å². The summed E-state index contributed by atoms with van der Waals surface area (Å²) < 4.78 is 12.6. The Hall–Kier alpha value is -1.73. The number of hydrogen-bond donors (Lipinski definition) is 0. The Labute approximate surface area is 161 Å². The Morgan fingerprint density at radius 2 is 1.62 bits per heavy atom. The van der Waals surface area contributed by atoms with E-state index < -0.39 is 11.6 Å². The normalized spacial score (nSPS) is 13.9. The molecule has 0 heterocycles. The van der Waals surface area contributed by atoms with E-state index >= 15 is 0 Å². The second-order valence-corrected chi connectivity index (χ2v) is 8.61. The Bertz CT molecular complexity index is 616. The van der Waals surface area contributed by atoms with Gasteiger partial charge in [-0.2, -0.15) is 0 Å². The fourth-order valence-electron chi connectivity index (χ4n) is 2.25. The average Bonchev–Trinajstić information content (AvgIpc) is 2.53. The molecule has 1 aromatic carbocycles. The Morgan fingerprint density at radius 3 is 2.08 bits per heavy atom. The van der Waals surface area contributed by atoms with Crippen LogP contribution in [0.25, 0.3) is 0 Å². The maximum absolute atomic E-state index is 12.5. The topological polar surface area (TPSA) is 59.1 Å². The van der Waals surface area contributed by atoms with Gasteiger partial charge in [0.15, 0.2) is 0 Å². The first kappa shape index (κ1) is 22.3. The molecule has 0 aliphatic heterocycles. The first-order valence-corrected chi connectivity index (χ1v) is 9.35. The quantitative estimate of drug-likeness (QED) is 0.522. The molecule has 0 aliphatic rings. The third-order valence-corrected chi connectivity index (χ3v) is 5.71. The molecule has 146 valence electrons. The lowest BCUT2D eigenvalue weighted by atomic mass is 10.00. The molecule has 1 rings (SSSR count). The minimum Gasteiger partial charge on any atom is -0.458 e. The van der Waals surface area contributed by atoms with Crippen molar-refractivity contribution in [3.8, 4) is 5.75 Å². The predicted molar refractivity (Wildman–Crippen MR) is 105 cm³/mol. The van der Waals surface area contributed by atoms with Crippen LogP contribution in [0.1, 0.15) is 46.3 Å². The molecule has 0 aromatic heterocycles. The molecule has 2 atom stereocenters. The zero-order valence-electron chi connectivity index (χ0n) is 16.9. The minimum atomic E-state index is -0.415. The first-order chi connectivity index (χ1) is 11.9. The van der Waals surface area contributed by atoms with Gasteiger partial charge in [-0.25, -0.2) is 4.79 Å². The van der Waals surface area contributed by atoms with Crippen molar-refractivity contribution in [2.24, 2.45) is 0 Å². The van der Waals surface area contributed by atoms with Crippen LogP contribution >= 0.6 is 11.9 Å². The van der Waals surface area contributed by atoms with E-state index in [-0.39, 0.29) is 17.3 Å². The highest BCUT2D eigenvalue weighted by molar-refractivity contribution is 7.97. The molecule has 1 amide bonds. The highest BCUT2D eigenvalue weighted by atomic mass is 32.2. The summed E-state index contributed by atoms with van der Waals surface area (Å²) in [7, 11) is 5.70. The van der Waals surface area contributed by atoms with Crippen molar-refractivity contribution in [2.75, 3.05) is 21.1 Å². The molecule has 0 N–H and O–H groups in total. The molecule has 6 nitrogen and oxygen atoms in total. The smallest absolute Gasteiger partial charge is 0.415 e. The van der Waals surface area contributed by atoms with Crippen LogP contribution in [-0.2, 0) is 9.53 Å². The summed E-state index contributed by atoms with van der Waals surface area (Å²) in [6.45, 7) is 9.28. The summed E-state index contributed by atoms with van der Waals surface area (Å²) in [5, 5.41) is 0.182. The molecule has 0 saturated carbocycles. The van der Waals surface area contributed by atoms with E-state index in [4.69, 9.17) is 9.47 Å². The molecule has 7 heteroatoms. The van der Waals surface area contributed by atoms with Crippen LogP contribution in [0.4, 0.5) is 4.79 Å². The van der Waals surface area contributed by atoms with Gasteiger partial charge < -0.3 is 14.4 Å². The Morgan fingerprint density at radius 1 is 1.08 bits per heavy atom. The second kappa shape index (κ2) is 9.28. The van der Waals surface area contributed by atoms with Crippen molar-refractivity contribution >= 4 is 24.0 Å². The van der Waals surface area contributed by atoms with E-state index in [1.807, 2.05) is 32.2 Å². The highest BCUT2D eigenvalue weighted by Crippen LogP contribution is 2.29. The maximum atomic E-state index is 12.5. The second-order valence-electron chi connectivity index (χ2n) is 6.96. The zero-order valence-corrected chi connectivity index (χ0v) is 17.7. The Kier molecular flexibility index (Phi) is 7.96. The zero-order chi connectivity index (χ0) is 20.1. The van der Waals surface area contributed by atoms with Crippen molar-refractivity contribution in [2.45, 2.75) is 51.5 Å². The molecule has 0 saturated heterocycles. The van der Waals surface area contributed by atoms with Gasteiger partial charge in [-0.05, 0) is 59.5 Å². The molecule has 0 bridgehead atoms. The molecule has 26 heavy (non-hydrogen) atoms. The minimum absolute atomic E-state index is 0.182. The van der Waals surface area contributed by atoms with Gasteiger partial charge in [0, 0.05) is 19.2 Å². The van der Waals surface area contributed by atoms with Gasteiger partial charge in [0.2, 0.25) is 0 Å². The van der Waals surface area contributed by atoms with Crippen LogP contribution in [0.2, 0.25) is 0 Å². The average molecular weight is 383 g/mol. The van der Waals surface area contributed by atoms with Crippen molar-refractivity contribution < 1.29 is 19.1 Å². The molecular formula is C19H30N2O4S. The van der Waals surface area contributed by atoms with Crippen molar-refractivity contribution in [3.63, 3.8) is 0 Å². The van der Waals surface area contributed by atoms with E-state index in [0.29, 0.717) is 5.75 Å². The monoisotopic (exact) mass is 382 g/mol. The standard InChI is InChI=1S/C19H30N2O4S/c1-13(24-15(3)22)16-9-11-17(12-10-16)25-18(23)21(8)19(4,5)14(2)26-20(6)7/h9-14H,1-8H3. The first-order valence-electron chi connectivity index (χ1n) is 8.52. The fraction of sp³-hybridized carbons (Fsp3) is 0.579. The van der Waals surface area contributed by atoms with Gasteiger partial charge in [-0.15, -0.1) is 0 Å². The molecule has 0 spiro atoms. The number of esters is 1. The largest absolute Gasteiger partial charge is 0.458 e. The van der Waals surface area contributed by atoms with Gasteiger partial charge in [-0.3, -0.25) is 9.10 Å². The highest BCUT2D eigenvalue weighted by Gasteiger charge is 2.35. The summed E-state index contributed by atoms with van der Waals surface area (Å²) >= 11 is 1.67. The van der Waals surface area contributed by atoms with Crippen molar-refractivity contribution in [3.05, 3.63) is 29.8 Å². The van der Waals surface area contributed by atoms with Crippen LogP contribution < -0.4 is 4.74 Å². The summed E-state index contributed by atoms with van der Waals surface area (Å²) in [6.07, 6.45) is -0.759. The van der Waals surface area contributed by atoms with Crippen molar-refractivity contribution in [1.82, 2.24) is 9.21 Å². The summed E-state index contributed by atoms with van der Waals surface area (Å²) in [5.74, 6) is 0.117. The maximum Gasteiger partial charge on any atom is 0.415 e. The van der Waals surface area contributed by atoms with Crippen LogP contribution in [0, 0.1) is 0 Å². The molecule has 0 aliphatic carbocycles. The van der Waals surface area contributed by atoms with Gasteiger partial charge in [0.25, 0.3) is 0 Å². The lowest BCUT2D eigenvalue weighted by molar-refractivity contribution is -0.145. The predicted octanol–water partition coefficient (Wildman–Crippen LogP) is 4.12. The molecule has 1 aromatic rings. The summed E-state index contributed by atoms with van der Waals surface area (Å²) in [6, 6.07) is 6.97. The number of ether oxygens (including phenoxy) is 2. The van der Waals surface area contributed by atoms with Crippen molar-refractivity contribution in [1.29, 1.82) is 0 Å². The number of carbonyl (C=O) groups excluding carboxylic acids is 2. The number of benzene rings is 1. The number of hydrogen-bond acceptors (Lipinski definition) is 6. The van der Waals surface area contributed by atoms with E-state index in [2.05, 4.69) is 6.92 Å². The summed E-state index contributed by atoms with van der Waals surface area (Å²) in [4.78, 5) is 25.2. The van der Waals surface area contributed by atoms with E-state index in [9.17, 15) is 9.59 Å². The summed E-state index contributed by atoms with van der Waals surface area (Å²) in [5.41, 5.74) is 0.445. The lowest BCUT2D eigenvalue weighted by Crippen LogP contribution is -2.52. The number of amides is 1. The molecule has 2 unspecified atom stereocenters. The lowest BCUT2D eigenvalue weighted by Gasteiger charge is -2.40. The van der Waals surface area contributed by atoms with Gasteiger partial charge in [0.1, 0.15) is 11.9 Å². The van der Waals surface area contributed by atoms with E-state index in [0.717, 1.165) is 5.56 Å². The third kappa shape index (κ3) is 6.21. The molecular weight excluding hydrogens is 352 g/mol. The molecule has 0 fully saturated rings. The SMILES string of the molecule is CC(=O)OC(C)c1ccc(OC(=O)N(C)C(C)(C)C(C)SN(C)C)cc1. The van der Waals surface area contributed by atoms with Crippen LogP contribution in [0.3, 0.4) is 0 Å². The molecule has 0 radical (unpaired) electrons. The third-order valence-electron chi connectivity index (χ3n) is 4.40. The van der Waals surface area contributed by atoms with E-state index in [1.54, 1.807) is 55.1 Å². The van der Waals surface area contributed by atoms with Crippen LogP contribution in [0.15, 0.2) is 24.3 Å². The van der Waals surface area contributed by atoms with Crippen LogP contribution in [0.5, 0.6) is 5.75 Å². The Balaban J connectivity index is 2.76. The number of carbonyl (C=O) groups is 2. The van der Waals surface area contributed by atoms with Gasteiger partial charge in [0.05, 0.1) is 5.54 Å². The van der Waals surface area contributed by atoms with Gasteiger partial charge >= 0.3 is 12.1 Å². The van der Waals surface area contributed by atoms with E-state index in [1.165, 1.54) is 6.92 Å². The number of nitrogens with zero attached hydrogens (tertiary/aromatic N) is 2. The van der Waals surface area contributed by atoms with Crippen LogP contribution in [-0.4, -0.2) is 53.2 Å². The number of rotatable bonds is 7. The fourth-order valence-corrected chi connectivity index (χ4v) is 3.29.